The second-order valence-electron chi connectivity index (χ2n) is 6.65. The second-order valence-corrected chi connectivity index (χ2v) is 7.47. The second kappa shape index (κ2) is 7.87. The maximum absolute atomic E-state index is 6.51. The quantitative estimate of drug-likeness (QED) is 0.585. The lowest BCUT2D eigenvalue weighted by atomic mass is 10.0. The SMILES string of the molecule is Nc1nc(N)n(-c2cc(Cl)c(-c3ccc(OCC4CCCN4)cc3)c(Cl)c2)n1. The molecule has 1 saturated heterocycles. The van der Waals surface area contributed by atoms with Crippen LogP contribution < -0.4 is 21.5 Å². The summed E-state index contributed by atoms with van der Waals surface area (Å²) in [7, 11) is 0. The molecule has 2 aromatic carbocycles. The first-order chi connectivity index (χ1) is 13.5. The van der Waals surface area contributed by atoms with Crippen molar-refractivity contribution in [1.82, 2.24) is 20.1 Å². The third-order valence-electron chi connectivity index (χ3n) is 4.68. The van der Waals surface area contributed by atoms with Crippen LogP contribution in [0.25, 0.3) is 16.8 Å². The van der Waals surface area contributed by atoms with E-state index in [0.29, 0.717) is 28.4 Å². The van der Waals surface area contributed by atoms with Gasteiger partial charge >= 0.3 is 0 Å². The van der Waals surface area contributed by atoms with E-state index in [9.17, 15) is 0 Å². The zero-order valence-electron chi connectivity index (χ0n) is 15.0. The van der Waals surface area contributed by atoms with Crippen LogP contribution in [0.15, 0.2) is 36.4 Å². The first-order valence-electron chi connectivity index (χ1n) is 8.95. The van der Waals surface area contributed by atoms with Gasteiger partial charge in [0.2, 0.25) is 11.9 Å². The van der Waals surface area contributed by atoms with Crippen molar-refractivity contribution >= 4 is 35.1 Å². The highest BCUT2D eigenvalue weighted by Crippen LogP contribution is 2.37. The zero-order valence-corrected chi connectivity index (χ0v) is 16.5. The van der Waals surface area contributed by atoms with E-state index >= 15 is 0 Å². The maximum atomic E-state index is 6.51. The summed E-state index contributed by atoms with van der Waals surface area (Å²) in [5, 5.41) is 8.41. The molecular formula is C19H20Cl2N6O. The van der Waals surface area contributed by atoms with Crippen LogP contribution in [0, 0.1) is 0 Å². The predicted octanol–water partition coefficient (Wildman–Crippen LogP) is 3.54. The van der Waals surface area contributed by atoms with Gasteiger partial charge < -0.3 is 21.5 Å². The standard InChI is InChI=1S/C19H20Cl2N6O/c20-15-8-13(27-19(23)25-18(22)26-27)9-16(21)17(15)11-3-5-14(6-4-11)28-10-12-2-1-7-24-12/h3-6,8-9,12,24H,1-2,7,10H2,(H4,22,23,25,26). The lowest BCUT2D eigenvalue weighted by molar-refractivity contribution is 0.277. The molecule has 1 unspecified atom stereocenters. The average Bonchev–Trinajstić information content (AvgIpc) is 3.29. The van der Waals surface area contributed by atoms with Gasteiger partial charge in [0.05, 0.1) is 15.7 Å². The molecule has 0 saturated carbocycles. The molecule has 0 aliphatic carbocycles. The Morgan fingerprint density at radius 3 is 2.43 bits per heavy atom. The van der Waals surface area contributed by atoms with E-state index in [4.69, 9.17) is 39.4 Å². The minimum atomic E-state index is 0.0808. The number of benzene rings is 2. The van der Waals surface area contributed by atoms with Gasteiger partial charge in [-0.1, -0.05) is 35.3 Å². The van der Waals surface area contributed by atoms with Crippen LogP contribution in [0.3, 0.4) is 0 Å². The first kappa shape index (κ1) is 18.9. The molecule has 0 radical (unpaired) electrons. The van der Waals surface area contributed by atoms with Crippen LogP contribution in [-0.4, -0.2) is 34.0 Å². The number of rotatable bonds is 5. The Labute approximate surface area is 172 Å². The Kier molecular flexibility index (Phi) is 5.30. The molecule has 1 aliphatic heterocycles. The Bertz CT molecular complexity index is 960. The fraction of sp³-hybridized carbons (Fsp3) is 0.263. The van der Waals surface area contributed by atoms with E-state index in [1.807, 2.05) is 24.3 Å². The van der Waals surface area contributed by atoms with Crippen molar-refractivity contribution in [1.29, 1.82) is 0 Å². The van der Waals surface area contributed by atoms with Gasteiger partial charge in [0.15, 0.2) is 0 Å². The van der Waals surface area contributed by atoms with E-state index < -0.39 is 0 Å². The van der Waals surface area contributed by atoms with Gasteiger partial charge in [0.1, 0.15) is 12.4 Å². The molecule has 0 amide bonds. The molecule has 9 heteroatoms. The molecule has 28 heavy (non-hydrogen) atoms. The van der Waals surface area contributed by atoms with Crippen molar-refractivity contribution in [3.8, 4) is 22.6 Å². The van der Waals surface area contributed by atoms with E-state index in [1.165, 1.54) is 11.1 Å². The summed E-state index contributed by atoms with van der Waals surface area (Å²) >= 11 is 13.0. The molecule has 3 aromatic rings. The Morgan fingerprint density at radius 2 is 1.86 bits per heavy atom. The van der Waals surface area contributed by atoms with Crippen LogP contribution in [0.5, 0.6) is 5.75 Å². The largest absolute Gasteiger partial charge is 0.492 e. The maximum Gasteiger partial charge on any atom is 0.241 e. The van der Waals surface area contributed by atoms with Gasteiger partial charge in [-0.25, -0.2) is 0 Å². The fourth-order valence-electron chi connectivity index (χ4n) is 3.30. The van der Waals surface area contributed by atoms with Crippen molar-refractivity contribution in [2.45, 2.75) is 18.9 Å². The summed E-state index contributed by atoms with van der Waals surface area (Å²) in [5.74, 6) is 1.06. The lowest BCUT2D eigenvalue weighted by Gasteiger charge is -2.14. The highest BCUT2D eigenvalue weighted by Gasteiger charge is 2.16. The van der Waals surface area contributed by atoms with Crippen LogP contribution in [-0.2, 0) is 0 Å². The number of nitrogens with one attached hydrogen (secondary N) is 1. The number of halogens is 2. The van der Waals surface area contributed by atoms with Crippen molar-refractivity contribution in [2.75, 3.05) is 24.6 Å². The molecule has 146 valence electrons. The van der Waals surface area contributed by atoms with E-state index in [2.05, 4.69) is 15.4 Å². The lowest BCUT2D eigenvalue weighted by Crippen LogP contribution is -2.28. The highest BCUT2D eigenvalue weighted by atomic mass is 35.5. The Morgan fingerprint density at radius 1 is 1.14 bits per heavy atom. The molecule has 4 rings (SSSR count). The number of hydrogen-bond donors (Lipinski definition) is 3. The number of aromatic nitrogens is 3. The van der Waals surface area contributed by atoms with Gasteiger partial charge in [-0.15, -0.1) is 5.10 Å². The molecule has 1 fully saturated rings. The molecule has 5 N–H and O–H groups in total. The molecular weight excluding hydrogens is 399 g/mol. The topological polar surface area (TPSA) is 104 Å². The van der Waals surface area contributed by atoms with Crippen molar-refractivity contribution < 1.29 is 4.74 Å². The van der Waals surface area contributed by atoms with Crippen molar-refractivity contribution in [3.05, 3.63) is 46.4 Å². The minimum Gasteiger partial charge on any atom is -0.492 e. The smallest absolute Gasteiger partial charge is 0.241 e. The number of nitrogens with zero attached hydrogens (tertiary/aromatic N) is 3. The molecule has 7 nitrogen and oxygen atoms in total. The summed E-state index contributed by atoms with van der Waals surface area (Å²) in [6.07, 6.45) is 2.35. The summed E-state index contributed by atoms with van der Waals surface area (Å²) < 4.78 is 7.25. The third kappa shape index (κ3) is 3.87. The third-order valence-corrected chi connectivity index (χ3v) is 5.27. The number of ether oxygens (including phenoxy) is 1. The normalized spacial score (nSPS) is 16.4. The van der Waals surface area contributed by atoms with Crippen molar-refractivity contribution in [3.63, 3.8) is 0 Å². The predicted molar refractivity (Wildman–Crippen MR) is 112 cm³/mol. The molecule has 1 aliphatic rings. The monoisotopic (exact) mass is 418 g/mol. The minimum absolute atomic E-state index is 0.0808. The van der Waals surface area contributed by atoms with Crippen LogP contribution in [0.4, 0.5) is 11.9 Å². The van der Waals surface area contributed by atoms with E-state index in [0.717, 1.165) is 29.8 Å². The van der Waals surface area contributed by atoms with Gasteiger partial charge in [-0.3, -0.25) is 0 Å². The van der Waals surface area contributed by atoms with E-state index in [1.54, 1.807) is 12.1 Å². The van der Waals surface area contributed by atoms with Gasteiger partial charge in [0, 0.05) is 11.6 Å². The summed E-state index contributed by atoms with van der Waals surface area (Å²) in [6, 6.07) is 11.6. The molecule has 1 aromatic heterocycles. The van der Waals surface area contributed by atoms with E-state index in [-0.39, 0.29) is 11.9 Å². The Hall–Kier alpha value is -2.48. The number of nitrogens with two attached hydrogens (primary N) is 2. The van der Waals surface area contributed by atoms with Crippen LogP contribution in [0.1, 0.15) is 12.8 Å². The molecule has 1 atom stereocenters. The molecule has 2 heterocycles. The van der Waals surface area contributed by atoms with Crippen LogP contribution in [0.2, 0.25) is 10.0 Å². The number of anilines is 2. The first-order valence-corrected chi connectivity index (χ1v) is 9.71. The summed E-state index contributed by atoms with van der Waals surface area (Å²) in [6.45, 7) is 1.73. The fourth-order valence-corrected chi connectivity index (χ4v) is 4.00. The Balaban J connectivity index is 1.56. The number of nitrogen functional groups attached to an aromatic ring is 2. The van der Waals surface area contributed by atoms with Gasteiger partial charge in [-0.2, -0.15) is 9.67 Å². The zero-order chi connectivity index (χ0) is 19.7. The van der Waals surface area contributed by atoms with Crippen molar-refractivity contribution in [2.24, 2.45) is 0 Å². The van der Waals surface area contributed by atoms with Gasteiger partial charge in [-0.05, 0) is 49.2 Å². The van der Waals surface area contributed by atoms with Gasteiger partial charge in [0.25, 0.3) is 0 Å². The van der Waals surface area contributed by atoms with Crippen LogP contribution >= 0.6 is 23.2 Å². The number of hydrogen-bond acceptors (Lipinski definition) is 6. The highest BCUT2D eigenvalue weighted by molar-refractivity contribution is 6.39. The average molecular weight is 419 g/mol. The molecule has 0 spiro atoms. The summed E-state index contributed by atoms with van der Waals surface area (Å²) in [5.41, 5.74) is 13.6. The molecule has 0 bridgehead atoms. The summed E-state index contributed by atoms with van der Waals surface area (Å²) in [4.78, 5) is 3.89.